The third-order valence-electron chi connectivity index (χ3n) is 4.41. The molecule has 0 aliphatic rings. The summed E-state index contributed by atoms with van der Waals surface area (Å²) in [6.45, 7) is 3.78. The predicted octanol–water partition coefficient (Wildman–Crippen LogP) is 3.13. The van der Waals surface area contributed by atoms with Crippen LogP contribution in [0.2, 0.25) is 0 Å². The lowest BCUT2D eigenvalue weighted by atomic mass is 9.96. The zero-order valence-electron chi connectivity index (χ0n) is 15.8. The van der Waals surface area contributed by atoms with Crippen LogP contribution >= 0.6 is 0 Å². The Morgan fingerprint density at radius 1 is 1.18 bits per heavy atom. The van der Waals surface area contributed by atoms with Crippen LogP contribution < -0.4 is 10.9 Å². The van der Waals surface area contributed by atoms with Crippen LogP contribution in [0.25, 0.3) is 21.9 Å². The van der Waals surface area contributed by atoms with Gasteiger partial charge in [-0.25, -0.2) is 0 Å². The van der Waals surface area contributed by atoms with E-state index in [1.807, 2.05) is 44.2 Å². The van der Waals surface area contributed by atoms with Gasteiger partial charge in [-0.2, -0.15) is 5.26 Å². The maximum absolute atomic E-state index is 13.1. The van der Waals surface area contributed by atoms with Gasteiger partial charge in [0, 0.05) is 23.2 Å². The van der Waals surface area contributed by atoms with Crippen LogP contribution in [0.1, 0.15) is 19.5 Å². The topological polar surface area (TPSA) is 95.1 Å². The van der Waals surface area contributed by atoms with Gasteiger partial charge >= 0.3 is 0 Å². The van der Waals surface area contributed by atoms with Crippen molar-refractivity contribution in [3.63, 3.8) is 0 Å². The molecule has 1 amide bonds. The van der Waals surface area contributed by atoms with Gasteiger partial charge in [-0.1, -0.05) is 44.2 Å². The van der Waals surface area contributed by atoms with Gasteiger partial charge in [-0.15, -0.1) is 0 Å². The number of amides is 1. The Balaban J connectivity index is 2.40. The van der Waals surface area contributed by atoms with E-state index in [1.54, 1.807) is 18.2 Å². The number of carbonyl (C=O) groups is 1. The van der Waals surface area contributed by atoms with E-state index in [1.165, 1.54) is 4.57 Å². The van der Waals surface area contributed by atoms with Crippen molar-refractivity contribution in [3.8, 4) is 17.2 Å². The summed E-state index contributed by atoms with van der Waals surface area (Å²) >= 11 is 0. The second kappa shape index (κ2) is 8.07. The Morgan fingerprint density at radius 3 is 2.50 bits per heavy atom. The Bertz CT molecular complexity index is 1130. The number of nitrogens with zero attached hydrogens (tertiary/aromatic N) is 2. The first kappa shape index (κ1) is 19.3. The fraction of sp³-hybridized carbons (Fsp3) is 0.227. The predicted molar refractivity (Wildman–Crippen MR) is 109 cm³/mol. The lowest BCUT2D eigenvalue weighted by molar-refractivity contribution is -0.118. The molecule has 0 saturated heterocycles. The number of rotatable bonds is 5. The summed E-state index contributed by atoms with van der Waals surface area (Å²) < 4.78 is 1.53. The first-order valence-electron chi connectivity index (χ1n) is 9.03. The molecule has 0 radical (unpaired) electrons. The molecule has 0 aliphatic carbocycles. The van der Waals surface area contributed by atoms with Crippen molar-refractivity contribution in [1.82, 2.24) is 4.57 Å². The van der Waals surface area contributed by atoms with E-state index >= 15 is 0 Å². The number of aromatic nitrogens is 1. The second-order valence-corrected chi connectivity index (χ2v) is 6.98. The standard InChI is InChI=1S/C22H21N3O3/c1-14(2)12-25-19(11-23)21(15-6-4-3-5-7-15)18-10-16(24-20(27)13-26)8-9-17(18)22(25)28/h3-10,14,26H,12-13H2,1-2H3,(H,24,27). The summed E-state index contributed by atoms with van der Waals surface area (Å²) in [6, 6.07) is 16.6. The smallest absolute Gasteiger partial charge is 0.259 e. The zero-order chi connectivity index (χ0) is 20.3. The maximum Gasteiger partial charge on any atom is 0.259 e. The number of hydrogen-bond donors (Lipinski definition) is 2. The molecule has 6 nitrogen and oxygen atoms in total. The highest BCUT2D eigenvalue weighted by molar-refractivity contribution is 6.02. The molecule has 0 unspecified atom stereocenters. The van der Waals surface area contributed by atoms with Gasteiger partial charge < -0.3 is 10.4 Å². The summed E-state index contributed by atoms with van der Waals surface area (Å²) in [4.78, 5) is 24.7. The van der Waals surface area contributed by atoms with E-state index in [4.69, 9.17) is 5.11 Å². The van der Waals surface area contributed by atoms with Crippen LogP contribution in [-0.2, 0) is 11.3 Å². The second-order valence-electron chi connectivity index (χ2n) is 6.98. The van der Waals surface area contributed by atoms with Crippen LogP contribution in [0.4, 0.5) is 5.69 Å². The minimum Gasteiger partial charge on any atom is -0.387 e. The average molecular weight is 375 g/mol. The summed E-state index contributed by atoms with van der Waals surface area (Å²) in [7, 11) is 0. The fourth-order valence-corrected chi connectivity index (χ4v) is 3.28. The van der Waals surface area contributed by atoms with Gasteiger partial charge in [0.15, 0.2) is 0 Å². The number of aliphatic hydroxyl groups is 1. The normalized spacial score (nSPS) is 10.8. The highest BCUT2D eigenvalue weighted by Crippen LogP contribution is 2.32. The van der Waals surface area contributed by atoms with Crippen molar-refractivity contribution in [2.24, 2.45) is 5.92 Å². The maximum atomic E-state index is 13.1. The van der Waals surface area contributed by atoms with Crippen molar-refractivity contribution < 1.29 is 9.90 Å². The number of fused-ring (bicyclic) bond motifs is 1. The molecule has 3 aromatic rings. The van der Waals surface area contributed by atoms with Crippen LogP contribution in [0, 0.1) is 17.2 Å². The van der Waals surface area contributed by atoms with E-state index < -0.39 is 12.5 Å². The first-order chi connectivity index (χ1) is 13.5. The Labute approximate surface area is 162 Å². The van der Waals surface area contributed by atoms with Gasteiger partial charge in [0.1, 0.15) is 18.4 Å². The average Bonchev–Trinajstić information content (AvgIpc) is 2.70. The van der Waals surface area contributed by atoms with Gasteiger partial charge in [0.25, 0.3) is 5.56 Å². The van der Waals surface area contributed by atoms with Crippen LogP contribution in [-0.4, -0.2) is 22.2 Å². The number of aliphatic hydroxyl groups excluding tert-OH is 1. The number of anilines is 1. The molecule has 142 valence electrons. The minimum atomic E-state index is -0.636. The molecule has 1 aromatic heterocycles. The molecule has 2 aromatic carbocycles. The van der Waals surface area contributed by atoms with E-state index in [9.17, 15) is 14.9 Å². The first-order valence-corrected chi connectivity index (χ1v) is 9.03. The van der Waals surface area contributed by atoms with E-state index in [2.05, 4.69) is 11.4 Å². The molecule has 0 spiro atoms. The molecule has 3 rings (SSSR count). The minimum absolute atomic E-state index is 0.189. The van der Waals surface area contributed by atoms with E-state index in [0.29, 0.717) is 34.3 Å². The lowest BCUT2D eigenvalue weighted by Gasteiger charge is -2.18. The Hall–Kier alpha value is -3.43. The van der Waals surface area contributed by atoms with Crippen LogP contribution in [0.5, 0.6) is 0 Å². The van der Waals surface area contributed by atoms with Crippen LogP contribution in [0.15, 0.2) is 53.3 Å². The number of pyridine rings is 1. The highest BCUT2D eigenvalue weighted by Gasteiger charge is 2.19. The third kappa shape index (κ3) is 3.66. The summed E-state index contributed by atoms with van der Waals surface area (Å²) in [6.07, 6.45) is 0. The molecule has 0 atom stereocenters. The summed E-state index contributed by atoms with van der Waals surface area (Å²) in [5.41, 5.74) is 1.97. The number of benzene rings is 2. The van der Waals surface area contributed by atoms with Gasteiger partial charge in [-0.05, 0) is 35.1 Å². The van der Waals surface area contributed by atoms with Crippen molar-refractivity contribution in [1.29, 1.82) is 5.26 Å². The fourth-order valence-electron chi connectivity index (χ4n) is 3.28. The van der Waals surface area contributed by atoms with E-state index in [0.717, 1.165) is 5.56 Å². The van der Waals surface area contributed by atoms with Crippen molar-refractivity contribution in [2.75, 3.05) is 11.9 Å². The molecule has 1 heterocycles. The van der Waals surface area contributed by atoms with E-state index in [-0.39, 0.29) is 11.5 Å². The quantitative estimate of drug-likeness (QED) is 0.716. The molecule has 6 heteroatoms. The number of hydrogen-bond acceptors (Lipinski definition) is 4. The Kier molecular flexibility index (Phi) is 5.57. The van der Waals surface area contributed by atoms with Gasteiger partial charge in [-0.3, -0.25) is 14.2 Å². The summed E-state index contributed by atoms with van der Waals surface area (Å²) in [5, 5.41) is 22.5. The molecule has 0 bridgehead atoms. The largest absolute Gasteiger partial charge is 0.387 e. The monoisotopic (exact) mass is 375 g/mol. The van der Waals surface area contributed by atoms with Crippen molar-refractivity contribution >= 4 is 22.4 Å². The molecule has 0 aliphatic heterocycles. The molecular formula is C22H21N3O3. The number of nitrogens with one attached hydrogen (secondary N) is 1. The molecule has 2 N–H and O–H groups in total. The van der Waals surface area contributed by atoms with Gasteiger partial charge in [0.2, 0.25) is 5.91 Å². The lowest BCUT2D eigenvalue weighted by Crippen LogP contribution is -2.26. The highest BCUT2D eigenvalue weighted by atomic mass is 16.3. The number of carbonyl (C=O) groups excluding carboxylic acids is 1. The molecule has 0 saturated carbocycles. The molecule has 28 heavy (non-hydrogen) atoms. The zero-order valence-corrected chi connectivity index (χ0v) is 15.8. The SMILES string of the molecule is CC(C)Cn1c(C#N)c(-c2ccccc2)c2cc(NC(=O)CO)ccc2c1=O. The Morgan fingerprint density at radius 2 is 1.89 bits per heavy atom. The van der Waals surface area contributed by atoms with Gasteiger partial charge in [0.05, 0.1) is 0 Å². The molecular weight excluding hydrogens is 354 g/mol. The van der Waals surface area contributed by atoms with Crippen molar-refractivity contribution in [3.05, 3.63) is 64.6 Å². The third-order valence-corrected chi connectivity index (χ3v) is 4.41. The van der Waals surface area contributed by atoms with Crippen molar-refractivity contribution in [2.45, 2.75) is 20.4 Å². The van der Waals surface area contributed by atoms with Crippen LogP contribution in [0.3, 0.4) is 0 Å². The molecule has 0 fully saturated rings. The number of nitriles is 1. The summed E-state index contributed by atoms with van der Waals surface area (Å²) in [5.74, 6) is -0.358.